The van der Waals surface area contributed by atoms with Crippen LogP contribution in [0.1, 0.15) is 29.8 Å². The van der Waals surface area contributed by atoms with Gasteiger partial charge in [0.2, 0.25) is 0 Å². The molecule has 0 saturated carbocycles. The van der Waals surface area contributed by atoms with E-state index < -0.39 is 11.9 Å². The summed E-state index contributed by atoms with van der Waals surface area (Å²) in [6, 6.07) is 10.9. The van der Waals surface area contributed by atoms with Gasteiger partial charge in [0.05, 0.1) is 20.4 Å². The van der Waals surface area contributed by atoms with Gasteiger partial charge in [-0.05, 0) is 48.4 Å². The molecule has 0 spiro atoms. The van der Waals surface area contributed by atoms with Crippen LogP contribution in [0.25, 0.3) is 0 Å². The summed E-state index contributed by atoms with van der Waals surface area (Å²) in [5.41, 5.74) is 3.50. The SMILES string of the molecule is COc1ccc(C(=O)NC(C(=O)NN=Cc2cc(Cl)ccc2OC)C(C)C)cc1. The second-order valence-corrected chi connectivity index (χ2v) is 6.98. The number of amides is 2. The first-order chi connectivity index (χ1) is 13.8. The van der Waals surface area contributed by atoms with E-state index in [-0.39, 0.29) is 11.8 Å². The molecule has 2 amide bonds. The van der Waals surface area contributed by atoms with Crippen LogP contribution in [0.4, 0.5) is 0 Å². The van der Waals surface area contributed by atoms with Crippen molar-refractivity contribution in [3.63, 3.8) is 0 Å². The van der Waals surface area contributed by atoms with Gasteiger partial charge in [0, 0.05) is 16.1 Å². The molecule has 2 aromatic carbocycles. The van der Waals surface area contributed by atoms with E-state index in [0.29, 0.717) is 27.6 Å². The van der Waals surface area contributed by atoms with Crippen LogP contribution in [0.3, 0.4) is 0 Å². The lowest BCUT2D eigenvalue weighted by Crippen LogP contribution is -2.48. The highest BCUT2D eigenvalue weighted by Gasteiger charge is 2.24. The Labute approximate surface area is 175 Å². The molecule has 1 atom stereocenters. The van der Waals surface area contributed by atoms with E-state index in [4.69, 9.17) is 21.1 Å². The molecular weight excluding hydrogens is 394 g/mol. The van der Waals surface area contributed by atoms with E-state index in [0.717, 1.165) is 0 Å². The quantitative estimate of drug-likeness (QED) is 0.509. The zero-order chi connectivity index (χ0) is 21.4. The van der Waals surface area contributed by atoms with Crippen molar-refractivity contribution in [1.29, 1.82) is 0 Å². The van der Waals surface area contributed by atoms with Gasteiger partial charge in [-0.15, -0.1) is 0 Å². The Balaban J connectivity index is 2.05. The monoisotopic (exact) mass is 417 g/mol. The lowest BCUT2D eigenvalue weighted by atomic mass is 10.0. The number of hydrazone groups is 1. The van der Waals surface area contributed by atoms with Crippen molar-refractivity contribution in [2.45, 2.75) is 19.9 Å². The topological polar surface area (TPSA) is 89.0 Å². The van der Waals surface area contributed by atoms with Gasteiger partial charge in [-0.2, -0.15) is 5.10 Å². The number of hydrogen-bond donors (Lipinski definition) is 2. The van der Waals surface area contributed by atoms with Gasteiger partial charge in [0.25, 0.3) is 11.8 Å². The third kappa shape index (κ3) is 6.22. The number of halogens is 1. The minimum absolute atomic E-state index is 0.145. The molecule has 0 bridgehead atoms. The number of nitrogens with one attached hydrogen (secondary N) is 2. The predicted octanol–water partition coefficient (Wildman–Crippen LogP) is 3.26. The third-order valence-corrected chi connectivity index (χ3v) is 4.39. The number of benzene rings is 2. The number of ether oxygens (including phenoxy) is 2. The second kappa shape index (κ2) is 10.5. The van der Waals surface area contributed by atoms with Crippen molar-refractivity contribution in [2.24, 2.45) is 11.0 Å². The number of hydrogen-bond acceptors (Lipinski definition) is 5. The Morgan fingerprint density at radius 1 is 1.07 bits per heavy atom. The number of carbonyl (C=O) groups is 2. The highest BCUT2D eigenvalue weighted by molar-refractivity contribution is 6.30. The van der Waals surface area contributed by atoms with E-state index in [1.165, 1.54) is 13.3 Å². The van der Waals surface area contributed by atoms with Crippen LogP contribution in [0.2, 0.25) is 5.02 Å². The molecule has 0 aliphatic carbocycles. The molecule has 0 aromatic heterocycles. The van der Waals surface area contributed by atoms with E-state index >= 15 is 0 Å². The van der Waals surface area contributed by atoms with E-state index in [9.17, 15) is 9.59 Å². The first-order valence-corrected chi connectivity index (χ1v) is 9.35. The Hall–Kier alpha value is -3.06. The molecule has 8 heteroatoms. The number of rotatable bonds is 8. The van der Waals surface area contributed by atoms with Crippen molar-refractivity contribution in [3.8, 4) is 11.5 Å². The third-order valence-electron chi connectivity index (χ3n) is 4.16. The van der Waals surface area contributed by atoms with Crippen LogP contribution < -0.4 is 20.2 Å². The van der Waals surface area contributed by atoms with Crippen LogP contribution in [0.15, 0.2) is 47.6 Å². The average molecular weight is 418 g/mol. The molecular formula is C21H24ClN3O4. The molecule has 2 N–H and O–H groups in total. The minimum Gasteiger partial charge on any atom is -0.497 e. The van der Waals surface area contributed by atoms with Gasteiger partial charge in [-0.1, -0.05) is 25.4 Å². The Bertz CT molecular complexity index is 882. The molecule has 1 unspecified atom stereocenters. The average Bonchev–Trinajstić information content (AvgIpc) is 2.71. The number of carbonyl (C=O) groups excluding carboxylic acids is 2. The van der Waals surface area contributed by atoms with Crippen molar-refractivity contribution in [2.75, 3.05) is 14.2 Å². The highest BCUT2D eigenvalue weighted by atomic mass is 35.5. The van der Waals surface area contributed by atoms with Crippen LogP contribution in [-0.4, -0.2) is 38.3 Å². The largest absolute Gasteiger partial charge is 0.497 e. The molecule has 0 aliphatic rings. The molecule has 0 aliphatic heterocycles. The first kappa shape index (κ1) is 22.2. The van der Waals surface area contributed by atoms with Crippen molar-refractivity contribution in [3.05, 3.63) is 58.6 Å². The molecule has 2 aromatic rings. The molecule has 29 heavy (non-hydrogen) atoms. The van der Waals surface area contributed by atoms with Crippen molar-refractivity contribution in [1.82, 2.24) is 10.7 Å². The summed E-state index contributed by atoms with van der Waals surface area (Å²) in [4.78, 5) is 25.0. The van der Waals surface area contributed by atoms with Gasteiger partial charge in [0.1, 0.15) is 17.5 Å². The molecule has 7 nitrogen and oxygen atoms in total. The summed E-state index contributed by atoms with van der Waals surface area (Å²) >= 11 is 5.98. The fraction of sp³-hybridized carbons (Fsp3) is 0.286. The molecule has 0 fully saturated rings. The van der Waals surface area contributed by atoms with Crippen LogP contribution in [0.5, 0.6) is 11.5 Å². The number of methoxy groups -OCH3 is 2. The molecule has 0 radical (unpaired) electrons. The molecule has 154 valence electrons. The van der Waals surface area contributed by atoms with Gasteiger partial charge < -0.3 is 14.8 Å². The summed E-state index contributed by atoms with van der Waals surface area (Å²) in [7, 11) is 3.08. The fourth-order valence-corrected chi connectivity index (χ4v) is 2.72. The minimum atomic E-state index is -0.761. The number of nitrogens with zero attached hydrogens (tertiary/aromatic N) is 1. The highest BCUT2D eigenvalue weighted by Crippen LogP contribution is 2.20. The van der Waals surface area contributed by atoms with Gasteiger partial charge in [-0.25, -0.2) is 5.43 Å². The summed E-state index contributed by atoms with van der Waals surface area (Å²) < 4.78 is 10.3. The summed E-state index contributed by atoms with van der Waals surface area (Å²) in [6.07, 6.45) is 1.44. The molecule has 0 saturated heterocycles. The predicted molar refractivity (Wildman–Crippen MR) is 113 cm³/mol. The van der Waals surface area contributed by atoms with Crippen molar-refractivity contribution >= 4 is 29.6 Å². The first-order valence-electron chi connectivity index (χ1n) is 8.97. The van der Waals surface area contributed by atoms with E-state index in [2.05, 4.69) is 15.8 Å². The zero-order valence-electron chi connectivity index (χ0n) is 16.7. The maximum absolute atomic E-state index is 12.5. The van der Waals surface area contributed by atoms with Gasteiger partial charge in [0.15, 0.2) is 0 Å². The summed E-state index contributed by atoms with van der Waals surface area (Å²) in [5, 5.41) is 7.22. The second-order valence-electron chi connectivity index (χ2n) is 6.54. The Morgan fingerprint density at radius 2 is 1.76 bits per heavy atom. The van der Waals surface area contributed by atoms with Gasteiger partial charge in [-0.3, -0.25) is 9.59 Å². The maximum atomic E-state index is 12.5. The van der Waals surface area contributed by atoms with Crippen molar-refractivity contribution < 1.29 is 19.1 Å². The Morgan fingerprint density at radius 3 is 2.34 bits per heavy atom. The normalized spacial score (nSPS) is 11.9. The summed E-state index contributed by atoms with van der Waals surface area (Å²) in [5.74, 6) is 0.278. The van der Waals surface area contributed by atoms with E-state index in [1.807, 2.05) is 13.8 Å². The zero-order valence-corrected chi connectivity index (χ0v) is 17.5. The van der Waals surface area contributed by atoms with Crippen LogP contribution in [0, 0.1) is 5.92 Å². The van der Waals surface area contributed by atoms with Crippen LogP contribution in [-0.2, 0) is 4.79 Å². The summed E-state index contributed by atoms with van der Waals surface area (Å²) in [6.45, 7) is 3.67. The lowest BCUT2D eigenvalue weighted by Gasteiger charge is -2.20. The van der Waals surface area contributed by atoms with E-state index in [1.54, 1.807) is 49.6 Å². The van der Waals surface area contributed by atoms with Crippen LogP contribution >= 0.6 is 11.6 Å². The standard InChI is InChI=1S/C21H24ClN3O4/c1-13(2)19(24-20(26)14-5-8-17(28-3)9-6-14)21(27)25-23-12-15-11-16(22)7-10-18(15)29-4/h5-13,19H,1-4H3,(H,24,26)(H,25,27). The lowest BCUT2D eigenvalue weighted by molar-refractivity contribution is -0.123. The Kier molecular flexibility index (Phi) is 8.03. The smallest absolute Gasteiger partial charge is 0.262 e. The maximum Gasteiger partial charge on any atom is 0.262 e. The van der Waals surface area contributed by atoms with Gasteiger partial charge >= 0.3 is 0 Å². The molecule has 0 heterocycles. The molecule has 2 rings (SSSR count). The fourth-order valence-electron chi connectivity index (χ4n) is 2.54.